The minimum atomic E-state index is 0.779. The Morgan fingerprint density at radius 1 is 0.628 bits per heavy atom. The van der Waals surface area contributed by atoms with Crippen molar-refractivity contribution >= 4 is 11.4 Å². The third kappa shape index (κ3) is 5.90. The molecule has 0 bridgehead atoms. The van der Waals surface area contributed by atoms with Crippen molar-refractivity contribution in [3.05, 3.63) is 128 Å². The van der Waals surface area contributed by atoms with Crippen molar-refractivity contribution in [2.75, 3.05) is 36.6 Å². The molecule has 6 nitrogen and oxygen atoms in total. The molecule has 1 aromatic heterocycles. The summed E-state index contributed by atoms with van der Waals surface area (Å²) in [7, 11) is 2.07. The molecular weight excluding hydrogens is 532 g/mol. The Labute approximate surface area is 253 Å². The predicted octanol–water partition coefficient (Wildman–Crippen LogP) is 8.78. The number of benzene rings is 4. The second-order valence-corrected chi connectivity index (χ2v) is 11.0. The van der Waals surface area contributed by atoms with Crippen molar-refractivity contribution in [3.8, 4) is 45.4 Å². The van der Waals surface area contributed by atoms with Crippen LogP contribution in [0.3, 0.4) is 0 Å². The molecule has 0 aliphatic carbocycles. The number of anilines is 2. The van der Waals surface area contributed by atoms with Gasteiger partial charge in [0.1, 0.15) is 23.0 Å². The van der Waals surface area contributed by atoms with Crippen LogP contribution in [0.1, 0.15) is 12.8 Å². The van der Waals surface area contributed by atoms with Crippen molar-refractivity contribution in [2.45, 2.75) is 12.8 Å². The fourth-order valence-corrected chi connectivity index (χ4v) is 5.78. The van der Waals surface area contributed by atoms with Gasteiger partial charge in [-0.05, 0) is 73.0 Å². The SMILES string of the molecule is CN1C=CN(c2cccc(Oc3cccc(-c4nccc(-c5cccc(Oc6ccccc6)c5)c4N4CCCC4)c3)c2)C1. The van der Waals surface area contributed by atoms with Gasteiger partial charge in [-0.25, -0.2) is 0 Å². The molecule has 2 aliphatic rings. The zero-order valence-electron chi connectivity index (χ0n) is 24.3. The quantitative estimate of drug-likeness (QED) is 0.187. The zero-order chi connectivity index (χ0) is 29.0. The molecule has 0 radical (unpaired) electrons. The third-order valence-corrected chi connectivity index (χ3v) is 7.84. The van der Waals surface area contributed by atoms with E-state index in [0.717, 1.165) is 76.5 Å². The number of hydrogen-bond donors (Lipinski definition) is 0. The summed E-state index contributed by atoms with van der Waals surface area (Å²) in [6, 6.07) is 36.8. The van der Waals surface area contributed by atoms with Gasteiger partial charge in [0.25, 0.3) is 0 Å². The summed E-state index contributed by atoms with van der Waals surface area (Å²) >= 11 is 0. The Balaban J connectivity index is 1.22. The Bertz CT molecular complexity index is 1750. The lowest BCUT2D eigenvalue weighted by atomic mass is 9.99. The highest BCUT2D eigenvalue weighted by atomic mass is 16.5. The highest BCUT2D eigenvalue weighted by molar-refractivity contribution is 5.89. The molecule has 7 rings (SSSR count). The maximum absolute atomic E-state index is 6.40. The molecule has 214 valence electrons. The van der Waals surface area contributed by atoms with Crippen LogP contribution in [0.15, 0.2) is 128 Å². The number of rotatable bonds is 8. The maximum Gasteiger partial charge on any atom is 0.129 e. The van der Waals surface area contributed by atoms with Gasteiger partial charge in [0.2, 0.25) is 0 Å². The Morgan fingerprint density at radius 3 is 2.02 bits per heavy atom. The average Bonchev–Trinajstić information content (AvgIpc) is 3.74. The van der Waals surface area contributed by atoms with E-state index in [1.54, 1.807) is 0 Å². The van der Waals surface area contributed by atoms with Gasteiger partial charge >= 0.3 is 0 Å². The fraction of sp³-hybridized carbons (Fsp3) is 0.162. The van der Waals surface area contributed by atoms with Gasteiger partial charge in [0.15, 0.2) is 0 Å². The number of para-hydroxylation sites is 1. The van der Waals surface area contributed by atoms with Gasteiger partial charge in [-0.1, -0.05) is 48.5 Å². The molecule has 0 amide bonds. The third-order valence-electron chi connectivity index (χ3n) is 7.84. The van der Waals surface area contributed by atoms with Gasteiger partial charge in [0, 0.05) is 61.6 Å². The van der Waals surface area contributed by atoms with Crippen LogP contribution in [0.5, 0.6) is 23.0 Å². The number of aromatic nitrogens is 1. The van der Waals surface area contributed by atoms with Crippen molar-refractivity contribution in [1.29, 1.82) is 0 Å². The van der Waals surface area contributed by atoms with Gasteiger partial charge in [0.05, 0.1) is 18.1 Å². The first-order chi connectivity index (χ1) is 21.2. The predicted molar refractivity (Wildman–Crippen MR) is 174 cm³/mol. The molecule has 1 fully saturated rings. The number of pyridine rings is 1. The molecule has 6 heteroatoms. The van der Waals surface area contributed by atoms with Crippen LogP contribution >= 0.6 is 0 Å². The topological polar surface area (TPSA) is 41.1 Å². The van der Waals surface area contributed by atoms with E-state index in [4.69, 9.17) is 14.5 Å². The minimum Gasteiger partial charge on any atom is -0.457 e. The molecule has 2 aliphatic heterocycles. The summed E-state index contributed by atoms with van der Waals surface area (Å²) in [5.74, 6) is 3.21. The normalized spacial score (nSPS) is 14.4. The number of ether oxygens (including phenoxy) is 2. The molecule has 0 atom stereocenters. The molecular formula is C37H34N4O2. The van der Waals surface area contributed by atoms with E-state index in [2.05, 4.69) is 82.7 Å². The van der Waals surface area contributed by atoms with Gasteiger partial charge in [-0.2, -0.15) is 0 Å². The minimum absolute atomic E-state index is 0.779. The lowest BCUT2D eigenvalue weighted by Gasteiger charge is -2.25. The van der Waals surface area contributed by atoms with Crippen LogP contribution in [0.25, 0.3) is 22.4 Å². The first kappa shape index (κ1) is 26.7. The molecule has 3 heterocycles. The average molecular weight is 567 g/mol. The molecule has 5 aromatic rings. The van der Waals surface area contributed by atoms with E-state index in [0.29, 0.717) is 0 Å². The van der Waals surface area contributed by atoms with Gasteiger partial charge in [-0.15, -0.1) is 0 Å². The van der Waals surface area contributed by atoms with E-state index >= 15 is 0 Å². The number of hydrogen-bond acceptors (Lipinski definition) is 6. The molecule has 0 saturated carbocycles. The van der Waals surface area contributed by atoms with Crippen LogP contribution in [-0.2, 0) is 0 Å². The Hall–Kier alpha value is -5.23. The van der Waals surface area contributed by atoms with Crippen LogP contribution in [0, 0.1) is 0 Å². The van der Waals surface area contributed by atoms with E-state index < -0.39 is 0 Å². The summed E-state index contributed by atoms with van der Waals surface area (Å²) in [6.45, 7) is 2.84. The second kappa shape index (κ2) is 11.9. The largest absolute Gasteiger partial charge is 0.457 e. The van der Waals surface area contributed by atoms with E-state index in [-0.39, 0.29) is 0 Å². The van der Waals surface area contributed by atoms with Gasteiger partial charge in [-0.3, -0.25) is 4.98 Å². The summed E-state index contributed by atoms with van der Waals surface area (Å²) in [5, 5.41) is 0. The van der Waals surface area contributed by atoms with Crippen LogP contribution in [0.2, 0.25) is 0 Å². The lowest BCUT2D eigenvalue weighted by Crippen LogP contribution is -2.21. The van der Waals surface area contributed by atoms with Crippen LogP contribution in [-0.4, -0.2) is 36.7 Å². The first-order valence-corrected chi connectivity index (χ1v) is 14.8. The second-order valence-electron chi connectivity index (χ2n) is 11.0. The highest BCUT2D eigenvalue weighted by Gasteiger charge is 2.23. The monoisotopic (exact) mass is 566 g/mol. The van der Waals surface area contributed by atoms with Crippen molar-refractivity contribution in [3.63, 3.8) is 0 Å². The van der Waals surface area contributed by atoms with Crippen LogP contribution in [0.4, 0.5) is 11.4 Å². The molecule has 43 heavy (non-hydrogen) atoms. The van der Waals surface area contributed by atoms with Gasteiger partial charge < -0.3 is 24.2 Å². The molecule has 0 N–H and O–H groups in total. The standard InChI is InChI=1S/C37H34N4O2/c1-39-22-23-41(27-39)30-12-9-17-34(26-30)43-33-16-8-11-29(25-33)36-37(40-20-5-6-21-40)35(18-19-38-36)28-10-7-15-32(24-28)42-31-13-3-2-4-14-31/h2-4,7-19,22-26H,5-6,20-21,27H2,1H3. The Kier molecular flexibility index (Phi) is 7.40. The summed E-state index contributed by atoms with van der Waals surface area (Å²) in [6.07, 6.45) is 8.41. The Morgan fingerprint density at radius 2 is 1.28 bits per heavy atom. The van der Waals surface area contributed by atoms with E-state index in [1.807, 2.05) is 66.9 Å². The fourth-order valence-electron chi connectivity index (χ4n) is 5.78. The molecule has 1 saturated heterocycles. The van der Waals surface area contributed by atoms with Crippen molar-refractivity contribution < 1.29 is 9.47 Å². The lowest BCUT2D eigenvalue weighted by molar-refractivity contribution is 0.481. The molecule has 0 spiro atoms. The summed E-state index contributed by atoms with van der Waals surface area (Å²) in [4.78, 5) is 11.8. The van der Waals surface area contributed by atoms with E-state index in [1.165, 1.54) is 12.8 Å². The number of nitrogens with zero attached hydrogens (tertiary/aromatic N) is 4. The maximum atomic E-state index is 6.40. The molecule has 0 unspecified atom stereocenters. The van der Waals surface area contributed by atoms with Crippen LogP contribution < -0.4 is 19.3 Å². The van der Waals surface area contributed by atoms with Crippen molar-refractivity contribution in [1.82, 2.24) is 9.88 Å². The summed E-state index contributed by atoms with van der Waals surface area (Å²) in [5.41, 5.74) is 6.48. The zero-order valence-corrected chi connectivity index (χ0v) is 24.3. The smallest absolute Gasteiger partial charge is 0.129 e. The van der Waals surface area contributed by atoms with E-state index in [9.17, 15) is 0 Å². The summed E-state index contributed by atoms with van der Waals surface area (Å²) < 4.78 is 12.6. The highest BCUT2D eigenvalue weighted by Crippen LogP contribution is 2.42. The first-order valence-electron chi connectivity index (χ1n) is 14.8. The van der Waals surface area contributed by atoms with Crippen molar-refractivity contribution in [2.24, 2.45) is 0 Å². The molecule has 4 aromatic carbocycles.